The highest BCUT2D eigenvalue weighted by Gasteiger charge is 2.64. The summed E-state index contributed by atoms with van der Waals surface area (Å²) in [4.78, 5) is 13.0. The van der Waals surface area contributed by atoms with Gasteiger partial charge in [0.25, 0.3) is 16.6 Å². The van der Waals surface area contributed by atoms with Crippen LogP contribution in [0.3, 0.4) is 0 Å². The Bertz CT molecular complexity index is 1600. The average Bonchev–Trinajstić information content (AvgIpc) is 3.09. The van der Waals surface area contributed by atoms with E-state index in [9.17, 15) is 4.79 Å². The highest BCUT2D eigenvalue weighted by Crippen LogP contribution is 2.46. The monoisotopic (exact) mass is 694 g/mol. The molecule has 0 N–H and O–H groups in total. The van der Waals surface area contributed by atoms with Crippen LogP contribution in [0.1, 0.15) is 48.5 Å². The van der Waals surface area contributed by atoms with E-state index in [0.29, 0.717) is 13.2 Å². The van der Waals surface area contributed by atoms with Crippen molar-refractivity contribution in [3.8, 4) is 0 Å². The Kier molecular flexibility index (Phi) is 9.94. The van der Waals surface area contributed by atoms with Gasteiger partial charge in [-0.1, -0.05) is 163 Å². The van der Waals surface area contributed by atoms with E-state index < -0.39 is 40.6 Å². The minimum absolute atomic E-state index is 0.0750. The third kappa shape index (κ3) is 6.39. The lowest BCUT2D eigenvalue weighted by molar-refractivity contribution is -0.384. The molecule has 0 amide bonds. The van der Waals surface area contributed by atoms with Crippen molar-refractivity contribution in [1.29, 1.82) is 0 Å². The number of benzene rings is 4. The Balaban J connectivity index is 1.47. The van der Waals surface area contributed by atoms with Crippen molar-refractivity contribution in [1.82, 2.24) is 0 Å². The molecule has 258 valence electrons. The van der Waals surface area contributed by atoms with E-state index in [1.165, 1.54) is 6.92 Å². The smallest absolute Gasteiger partial charge is 0.303 e. The van der Waals surface area contributed by atoms with Crippen molar-refractivity contribution in [3.63, 3.8) is 0 Å². The van der Waals surface area contributed by atoms with Crippen molar-refractivity contribution in [2.45, 2.75) is 76.5 Å². The molecule has 0 unspecified atom stereocenters. The summed E-state index contributed by atoms with van der Waals surface area (Å²) >= 11 is 0. The lowest BCUT2D eigenvalue weighted by Crippen LogP contribution is -2.76. The summed E-state index contributed by atoms with van der Waals surface area (Å²) in [6, 6.07) is 42.2. The van der Waals surface area contributed by atoms with Crippen LogP contribution >= 0.6 is 0 Å². The van der Waals surface area contributed by atoms with Gasteiger partial charge in [0.2, 0.25) is 5.79 Å². The Morgan fingerprint density at radius 3 is 1.37 bits per heavy atom. The second kappa shape index (κ2) is 13.7. The number of fused-ring (bicyclic) bond motifs is 3. The third-order valence-corrected chi connectivity index (χ3v) is 20.2. The molecule has 0 aromatic heterocycles. The van der Waals surface area contributed by atoms with E-state index in [2.05, 4.69) is 139 Å². The molecule has 2 bridgehead atoms. The first kappa shape index (κ1) is 35.4. The second-order valence-electron chi connectivity index (χ2n) is 15.4. The molecule has 7 rings (SSSR count). The van der Waals surface area contributed by atoms with Crippen molar-refractivity contribution >= 4 is 43.4 Å². The Hall–Kier alpha value is -3.38. The molecule has 0 saturated carbocycles. The Morgan fingerprint density at radius 2 is 1.02 bits per heavy atom. The van der Waals surface area contributed by atoms with Gasteiger partial charge in [0.1, 0.15) is 0 Å². The van der Waals surface area contributed by atoms with Gasteiger partial charge in [0.15, 0.2) is 6.10 Å². The maximum atomic E-state index is 13.0. The minimum Gasteiger partial charge on any atom is -0.454 e. The van der Waals surface area contributed by atoms with E-state index >= 15 is 0 Å². The lowest BCUT2D eigenvalue weighted by Gasteiger charge is -2.57. The van der Waals surface area contributed by atoms with Gasteiger partial charge in [-0.15, -0.1) is 0 Å². The molecular formula is C41H50O6Si2. The molecule has 3 saturated heterocycles. The molecule has 6 nitrogen and oxygen atoms in total. The van der Waals surface area contributed by atoms with Gasteiger partial charge < -0.3 is 23.1 Å². The zero-order valence-electron chi connectivity index (χ0n) is 29.8. The summed E-state index contributed by atoms with van der Waals surface area (Å²) in [7, 11) is -6.01. The molecular weight excluding hydrogens is 645 g/mol. The van der Waals surface area contributed by atoms with E-state index in [4.69, 9.17) is 23.1 Å². The van der Waals surface area contributed by atoms with Crippen LogP contribution in [-0.2, 0) is 27.9 Å². The number of ether oxygens (including phenoxy) is 3. The minimum atomic E-state index is -3.03. The van der Waals surface area contributed by atoms with Crippen LogP contribution < -0.4 is 20.7 Å². The van der Waals surface area contributed by atoms with E-state index in [1.807, 2.05) is 24.3 Å². The van der Waals surface area contributed by atoms with Gasteiger partial charge in [0, 0.05) is 12.8 Å². The van der Waals surface area contributed by atoms with Crippen LogP contribution in [0.2, 0.25) is 10.1 Å². The molecule has 3 aliphatic heterocycles. The van der Waals surface area contributed by atoms with Crippen LogP contribution in [0.5, 0.6) is 0 Å². The largest absolute Gasteiger partial charge is 0.454 e. The number of carbonyl (C=O) groups excluding carboxylic acids is 1. The Labute approximate surface area is 294 Å². The molecule has 4 aromatic rings. The number of esters is 1. The molecule has 8 heteroatoms. The zero-order chi connectivity index (χ0) is 34.9. The van der Waals surface area contributed by atoms with Gasteiger partial charge in [0.05, 0.1) is 25.9 Å². The summed E-state index contributed by atoms with van der Waals surface area (Å²) in [5, 5.41) is 4.10. The first-order valence-electron chi connectivity index (χ1n) is 17.3. The number of rotatable bonds is 10. The molecule has 2 atom stereocenters. The first-order chi connectivity index (χ1) is 23.3. The topological polar surface area (TPSA) is 63.2 Å². The first-order valence-corrected chi connectivity index (χ1v) is 21.1. The van der Waals surface area contributed by atoms with Crippen LogP contribution in [0.15, 0.2) is 121 Å². The van der Waals surface area contributed by atoms with Gasteiger partial charge in [-0.05, 0) is 30.8 Å². The van der Waals surface area contributed by atoms with Gasteiger partial charge in [-0.3, -0.25) is 4.79 Å². The Morgan fingerprint density at radius 1 is 0.653 bits per heavy atom. The molecule has 4 aromatic carbocycles. The van der Waals surface area contributed by atoms with Gasteiger partial charge >= 0.3 is 5.97 Å². The van der Waals surface area contributed by atoms with E-state index in [0.717, 1.165) is 20.7 Å². The molecule has 3 heterocycles. The normalized spacial score (nSPS) is 22.9. The highest BCUT2D eigenvalue weighted by atomic mass is 28.4. The van der Waals surface area contributed by atoms with E-state index in [1.54, 1.807) is 0 Å². The summed E-state index contributed by atoms with van der Waals surface area (Å²) in [5.74, 6) is -1.91. The highest BCUT2D eigenvalue weighted by molar-refractivity contribution is 7.00. The summed E-state index contributed by atoms with van der Waals surface area (Å²) < 4.78 is 34.7. The van der Waals surface area contributed by atoms with Crippen molar-refractivity contribution in [3.05, 3.63) is 121 Å². The molecule has 0 spiro atoms. The predicted molar refractivity (Wildman–Crippen MR) is 200 cm³/mol. The van der Waals surface area contributed by atoms with Crippen LogP contribution in [0, 0.1) is 5.92 Å². The van der Waals surface area contributed by atoms with Gasteiger partial charge in [-0.25, -0.2) is 0 Å². The van der Waals surface area contributed by atoms with Crippen LogP contribution in [-0.4, -0.2) is 60.4 Å². The van der Waals surface area contributed by atoms with Crippen molar-refractivity contribution in [2.75, 3.05) is 19.8 Å². The SMILES string of the molecule is CC(=O)O[C@H]1[C@H](O[Si](c2ccccc2)(c2ccccc2)C(C)(C)C)C2COC1(CO[Si](c1ccccc1)(c1ccccc1)C(C)(C)C)OC2. The van der Waals surface area contributed by atoms with Crippen LogP contribution in [0.4, 0.5) is 0 Å². The lowest BCUT2D eigenvalue weighted by atomic mass is 9.87. The fourth-order valence-corrected chi connectivity index (χ4v) is 17.3. The fourth-order valence-electron chi connectivity index (χ4n) is 7.96. The predicted octanol–water partition coefficient (Wildman–Crippen LogP) is 5.81. The maximum Gasteiger partial charge on any atom is 0.303 e. The third-order valence-electron chi connectivity index (χ3n) is 10.2. The van der Waals surface area contributed by atoms with Crippen molar-refractivity contribution < 1.29 is 27.9 Å². The maximum absolute atomic E-state index is 13.0. The quantitative estimate of drug-likeness (QED) is 0.154. The van der Waals surface area contributed by atoms with Crippen LogP contribution in [0.25, 0.3) is 0 Å². The molecule has 0 aliphatic carbocycles. The molecule has 3 aliphatic rings. The number of hydrogen-bond donors (Lipinski definition) is 0. The van der Waals surface area contributed by atoms with Crippen molar-refractivity contribution in [2.24, 2.45) is 5.92 Å². The summed E-state index contributed by atoms with van der Waals surface area (Å²) in [6.07, 6.45) is -1.34. The standard InChI is InChI=1S/C41H50O6Si2/c1-31(42)46-38-37(47-49(40(5,6)7,35-24-16-10-17-25-35)36-26-18-11-19-27-36)32-28-43-41(38,44-29-32)30-45-48(39(2,3)4,33-20-12-8-13-21-33)34-22-14-9-15-23-34/h8-27,32,37-38H,28-30H2,1-7H3/t32?,37-,38+,41?/m1/s1. The zero-order valence-corrected chi connectivity index (χ0v) is 31.8. The number of carbonyl (C=O) groups is 1. The average molecular weight is 695 g/mol. The fraction of sp³-hybridized carbons (Fsp3) is 0.390. The summed E-state index contributed by atoms with van der Waals surface area (Å²) in [5.41, 5.74) is 0. The molecule has 3 fully saturated rings. The number of hydrogen-bond acceptors (Lipinski definition) is 6. The van der Waals surface area contributed by atoms with Gasteiger partial charge in [-0.2, -0.15) is 0 Å². The van der Waals surface area contributed by atoms with E-state index in [-0.39, 0.29) is 22.6 Å². The molecule has 0 radical (unpaired) electrons. The summed E-state index contributed by atoms with van der Waals surface area (Å²) in [6.45, 7) is 15.8. The second-order valence-corrected chi connectivity index (χ2v) is 24.0. The molecule has 49 heavy (non-hydrogen) atoms.